The summed E-state index contributed by atoms with van der Waals surface area (Å²) in [5.41, 5.74) is 2.85. The van der Waals surface area contributed by atoms with Crippen molar-refractivity contribution in [3.8, 4) is 6.07 Å². The Kier molecular flexibility index (Phi) is 4.04. The molecule has 0 amide bonds. The molecule has 0 saturated heterocycles. The number of hydrogen-bond donors (Lipinski definition) is 0. The minimum Gasteiger partial charge on any atom is -0.344 e. The number of ketones is 1. The molecule has 0 aliphatic carbocycles. The van der Waals surface area contributed by atoms with Gasteiger partial charge >= 0.3 is 0 Å². The molecule has 0 aliphatic heterocycles. The minimum absolute atomic E-state index is 0.190. The van der Waals surface area contributed by atoms with E-state index in [2.05, 4.69) is 6.07 Å². The van der Waals surface area contributed by atoms with Crippen molar-refractivity contribution < 1.29 is 9.18 Å². The highest BCUT2D eigenvalue weighted by atomic mass is 19.1. The Morgan fingerprint density at radius 1 is 1.24 bits per heavy atom. The second kappa shape index (κ2) is 5.76. The van der Waals surface area contributed by atoms with Crippen molar-refractivity contribution in [3.05, 3.63) is 58.9 Å². The number of halogens is 1. The van der Waals surface area contributed by atoms with Gasteiger partial charge in [-0.25, -0.2) is 4.39 Å². The maximum Gasteiger partial charge on any atom is 0.162 e. The third-order valence-electron chi connectivity index (χ3n) is 3.40. The van der Waals surface area contributed by atoms with E-state index >= 15 is 0 Å². The zero-order valence-corrected chi connectivity index (χ0v) is 12.1. The predicted molar refractivity (Wildman–Crippen MR) is 80.4 cm³/mol. The minimum atomic E-state index is -0.392. The predicted octanol–water partition coefficient (Wildman–Crippen LogP) is 3.98. The van der Waals surface area contributed by atoms with Crippen LogP contribution in [0.25, 0.3) is 0 Å². The fourth-order valence-electron chi connectivity index (χ4n) is 2.12. The Morgan fingerprint density at radius 3 is 2.38 bits per heavy atom. The number of Topliss-reactive ketones (excluding diaryl/α,β-unsaturated/α-hetero) is 1. The van der Waals surface area contributed by atoms with E-state index in [0.717, 1.165) is 5.69 Å². The highest BCUT2D eigenvalue weighted by Gasteiger charge is 2.15. The molecule has 0 N–H and O–H groups in total. The lowest BCUT2D eigenvalue weighted by Crippen LogP contribution is -2.14. The molecular formula is C17H15FN2O. The van der Waals surface area contributed by atoms with Crippen LogP contribution >= 0.6 is 0 Å². The molecule has 21 heavy (non-hydrogen) atoms. The van der Waals surface area contributed by atoms with Crippen LogP contribution < -0.4 is 4.90 Å². The SMILES string of the molecule is CC(=O)c1cc(F)c(C)cc1N(C)c1ccc(C#N)cc1. The number of rotatable bonds is 3. The topological polar surface area (TPSA) is 44.1 Å². The smallest absolute Gasteiger partial charge is 0.162 e. The third kappa shape index (κ3) is 2.92. The summed E-state index contributed by atoms with van der Waals surface area (Å²) in [6.07, 6.45) is 0. The summed E-state index contributed by atoms with van der Waals surface area (Å²) in [5, 5.41) is 8.82. The molecule has 0 spiro atoms. The van der Waals surface area contributed by atoms with Gasteiger partial charge in [0.2, 0.25) is 0 Å². The summed E-state index contributed by atoms with van der Waals surface area (Å²) in [7, 11) is 1.81. The first-order valence-electron chi connectivity index (χ1n) is 6.49. The van der Waals surface area contributed by atoms with Gasteiger partial charge in [0, 0.05) is 18.3 Å². The van der Waals surface area contributed by atoms with Crippen LogP contribution in [0.15, 0.2) is 36.4 Å². The van der Waals surface area contributed by atoms with Crippen molar-refractivity contribution in [1.29, 1.82) is 5.26 Å². The highest BCUT2D eigenvalue weighted by molar-refractivity contribution is 6.00. The Hall–Kier alpha value is -2.67. The van der Waals surface area contributed by atoms with Crippen LogP contribution in [-0.4, -0.2) is 12.8 Å². The van der Waals surface area contributed by atoms with Crippen molar-refractivity contribution in [3.63, 3.8) is 0 Å². The molecule has 0 bridgehead atoms. The molecule has 0 aliphatic rings. The number of hydrogen-bond acceptors (Lipinski definition) is 3. The monoisotopic (exact) mass is 282 g/mol. The van der Waals surface area contributed by atoms with Crippen LogP contribution in [0.2, 0.25) is 0 Å². The van der Waals surface area contributed by atoms with Crippen LogP contribution in [0.4, 0.5) is 15.8 Å². The van der Waals surface area contributed by atoms with Gasteiger partial charge in [0.1, 0.15) is 5.82 Å². The van der Waals surface area contributed by atoms with E-state index in [4.69, 9.17) is 5.26 Å². The Morgan fingerprint density at radius 2 is 1.86 bits per heavy atom. The average molecular weight is 282 g/mol. The molecule has 0 aromatic heterocycles. The van der Waals surface area contributed by atoms with Gasteiger partial charge < -0.3 is 4.90 Å². The Bertz CT molecular complexity index is 730. The molecule has 106 valence electrons. The summed E-state index contributed by atoms with van der Waals surface area (Å²) in [4.78, 5) is 13.5. The molecule has 2 rings (SSSR count). The molecule has 0 radical (unpaired) electrons. The molecule has 0 unspecified atom stereocenters. The van der Waals surface area contributed by atoms with Crippen LogP contribution in [0.5, 0.6) is 0 Å². The number of carbonyl (C=O) groups is 1. The molecular weight excluding hydrogens is 267 g/mol. The van der Waals surface area contributed by atoms with Gasteiger partial charge in [-0.3, -0.25) is 4.79 Å². The van der Waals surface area contributed by atoms with Gasteiger partial charge in [0.15, 0.2) is 5.78 Å². The molecule has 0 fully saturated rings. The first-order valence-corrected chi connectivity index (χ1v) is 6.49. The fraction of sp³-hybridized carbons (Fsp3) is 0.176. The number of aryl methyl sites for hydroxylation is 1. The van der Waals surface area contributed by atoms with Gasteiger partial charge in [-0.2, -0.15) is 5.26 Å². The van der Waals surface area contributed by atoms with E-state index in [0.29, 0.717) is 22.4 Å². The van der Waals surface area contributed by atoms with Crippen molar-refractivity contribution >= 4 is 17.2 Å². The summed E-state index contributed by atoms with van der Waals surface area (Å²) >= 11 is 0. The normalized spacial score (nSPS) is 10.0. The lowest BCUT2D eigenvalue weighted by Gasteiger charge is -2.22. The highest BCUT2D eigenvalue weighted by Crippen LogP contribution is 2.29. The van der Waals surface area contributed by atoms with E-state index in [1.54, 1.807) is 44.3 Å². The molecule has 0 atom stereocenters. The van der Waals surface area contributed by atoms with Gasteiger partial charge in [-0.05, 0) is 55.8 Å². The maximum absolute atomic E-state index is 13.7. The lowest BCUT2D eigenvalue weighted by molar-refractivity contribution is 0.101. The zero-order chi connectivity index (χ0) is 15.6. The van der Waals surface area contributed by atoms with E-state index < -0.39 is 5.82 Å². The van der Waals surface area contributed by atoms with Crippen LogP contribution in [0.3, 0.4) is 0 Å². The van der Waals surface area contributed by atoms with Gasteiger partial charge in [-0.1, -0.05) is 0 Å². The van der Waals surface area contributed by atoms with Crippen molar-refractivity contribution in [1.82, 2.24) is 0 Å². The zero-order valence-electron chi connectivity index (χ0n) is 12.1. The lowest BCUT2D eigenvalue weighted by atomic mass is 10.0. The molecule has 0 saturated carbocycles. The fourth-order valence-corrected chi connectivity index (χ4v) is 2.12. The largest absolute Gasteiger partial charge is 0.344 e. The maximum atomic E-state index is 13.7. The van der Waals surface area contributed by atoms with Crippen LogP contribution in [-0.2, 0) is 0 Å². The van der Waals surface area contributed by atoms with Crippen LogP contribution in [0, 0.1) is 24.1 Å². The van der Waals surface area contributed by atoms with Crippen molar-refractivity contribution in [2.45, 2.75) is 13.8 Å². The molecule has 2 aromatic carbocycles. The molecule has 3 nitrogen and oxygen atoms in total. The quantitative estimate of drug-likeness (QED) is 0.800. The summed E-state index contributed by atoms with van der Waals surface area (Å²) in [6.45, 7) is 3.08. The van der Waals surface area contributed by atoms with Crippen LogP contribution in [0.1, 0.15) is 28.4 Å². The molecule has 0 heterocycles. The van der Waals surface area contributed by atoms with Crippen molar-refractivity contribution in [2.75, 3.05) is 11.9 Å². The summed E-state index contributed by atoms with van der Waals surface area (Å²) < 4.78 is 13.7. The Balaban J connectivity index is 2.51. The van der Waals surface area contributed by atoms with Gasteiger partial charge in [0.05, 0.1) is 17.3 Å². The van der Waals surface area contributed by atoms with E-state index in [1.807, 2.05) is 4.90 Å². The number of benzene rings is 2. The number of anilines is 2. The average Bonchev–Trinajstić information content (AvgIpc) is 2.48. The summed E-state index contributed by atoms with van der Waals surface area (Å²) in [6, 6.07) is 12.0. The molecule has 2 aromatic rings. The van der Waals surface area contributed by atoms with E-state index in [9.17, 15) is 9.18 Å². The second-order valence-corrected chi connectivity index (χ2v) is 4.89. The standard InChI is InChI=1S/C17H15FN2O/c1-11-8-17(15(12(2)21)9-16(11)18)20(3)14-6-4-13(10-19)5-7-14/h4-9H,1-3H3. The van der Waals surface area contributed by atoms with Crippen molar-refractivity contribution in [2.24, 2.45) is 0 Å². The van der Waals surface area contributed by atoms with E-state index in [1.165, 1.54) is 13.0 Å². The van der Waals surface area contributed by atoms with E-state index in [-0.39, 0.29) is 5.78 Å². The number of nitrogens with zero attached hydrogens (tertiary/aromatic N) is 2. The third-order valence-corrected chi connectivity index (χ3v) is 3.40. The van der Waals surface area contributed by atoms with Gasteiger partial charge in [0.25, 0.3) is 0 Å². The first kappa shape index (κ1) is 14.7. The first-order chi connectivity index (χ1) is 9.93. The summed E-state index contributed by atoms with van der Waals surface area (Å²) in [5.74, 6) is -0.582. The number of nitriles is 1. The molecule has 4 heteroatoms. The second-order valence-electron chi connectivity index (χ2n) is 4.89. The number of carbonyl (C=O) groups excluding carboxylic acids is 1. The Labute approximate surface area is 123 Å². The van der Waals surface area contributed by atoms with Gasteiger partial charge in [-0.15, -0.1) is 0 Å².